The van der Waals surface area contributed by atoms with Gasteiger partial charge in [0.05, 0.1) is 0 Å². The smallest absolute Gasteiger partial charge is 0.147 e. The molecule has 0 heterocycles. The Morgan fingerprint density at radius 2 is 1.18 bits per heavy atom. The molecule has 0 saturated heterocycles. The van der Waals surface area contributed by atoms with Crippen molar-refractivity contribution >= 4 is 44.3 Å². The van der Waals surface area contributed by atoms with Crippen LogP contribution < -0.4 is 6.54 Å². The second kappa shape index (κ2) is 11.2. The summed E-state index contributed by atoms with van der Waals surface area (Å²) in [5.41, 5.74) is 7.26. The second-order valence-electron chi connectivity index (χ2n) is 8.38. The summed E-state index contributed by atoms with van der Waals surface area (Å²) in [6, 6.07) is 40.6. The summed E-state index contributed by atoms with van der Waals surface area (Å²) in [6.07, 6.45) is 3.62. The summed E-state index contributed by atoms with van der Waals surface area (Å²) in [7, 11) is 0. The third-order valence-electron chi connectivity index (χ3n) is 6.72. The Balaban J connectivity index is 0.00000153. The van der Waals surface area contributed by atoms with E-state index in [1.165, 1.54) is 22.3 Å². The minimum Gasteiger partial charge on any atom is -0.147 e. The molecule has 4 aromatic carbocycles. The van der Waals surface area contributed by atoms with Crippen LogP contribution in [0.4, 0.5) is 0 Å². The number of fused-ring (bicyclic) bond motifs is 1. The molecule has 4 heteroatoms. The average Bonchev–Trinajstić information content (AvgIpc) is 3.24. The Morgan fingerprint density at radius 1 is 0.667 bits per heavy atom. The molecular weight excluding hydrogens is 539 g/mol. The molecule has 0 bridgehead atoms. The van der Waals surface area contributed by atoms with Crippen molar-refractivity contribution in [1.82, 2.24) is 0 Å². The van der Waals surface area contributed by atoms with Crippen LogP contribution in [-0.4, -0.2) is 6.88 Å². The molecule has 0 nitrogen and oxygen atoms in total. The number of benzene rings is 4. The van der Waals surface area contributed by atoms with Gasteiger partial charge in [-0.2, -0.15) is 0 Å². The van der Waals surface area contributed by atoms with Gasteiger partial charge in [0.2, 0.25) is 0 Å². The molecule has 4 aromatic rings. The van der Waals surface area contributed by atoms with Gasteiger partial charge in [-0.05, 0) is 0 Å². The van der Waals surface area contributed by atoms with Gasteiger partial charge in [0.25, 0.3) is 0 Å². The number of halogens is 2. The topological polar surface area (TPSA) is 0 Å². The quantitative estimate of drug-likeness (QED) is 0.245. The zero-order chi connectivity index (χ0) is 21.3. The van der Waals surface area contributed by atoms with Gasteiger partial charge in [-0.1, -0.05) is 0 Å². The molecule has 0 fully saturated rings. The SMILES string of the molecule is CCC1=Cc2c(-c3ccccc3)cccc2[CH]1[Zr](=[SiH2])([c]1ccccc1)[c]1ccccc1.Cl.Cl. The Bertz CT molecular complexity index is 1240. The van der Waals surface area contributed by atoms with E-state index in [-0.39, 0.29) is 24.8 Å². The van der Waals surface area contributed by atoms with E-state index < -0.39 is 18.9 Å². The van der Waals surface area contributed by atoms with Crippen molar-refractivity contribution in [2.75, 3.05) is 0 Å². The Morgan fingerprint density at radius 3 is 1.70 bits per heavy atom. The van der Waals surface area contributed by atoms with E-state index in [9.17, 15) is 0 Å². The third-order valence-corrected chi connectivity index (χ3v) is 24.8. The Hall–Kier alpha value is -1.70. The standard InChI is InChI=1S/C17H15.2C6H5.2ClH.H2Si.Zr/c1-2-13-11-15-9-6-10-16(17(15)12-13)14-7-4-3-5-8-14;2*1-2-4-6-5-3-1;;;;/h3-12H,2H2,1H3;2*1-5H;2*1H;1H2;. The maximum Gasteiger partial charge on any atom is -0.147 e. The molecule has 1 atom stereocenters. The molecule has 0 aromatic heterocycles. The summed E-state index contributed by atoms with van der Waals surface area (Å²) >= 11 is -3.07. The van der Waals surface area contributed by atoms with Crippen molar-refractivity contribution in [3.8, 4) is 11.1 Å². The van der Waals surface area contributed by atoms with Gasteiger partial charge in [0.1, 0.15) is 0 Å². The number of hydrogen-bond donors (Lipinski definition) is 0. The minimum absolute atomic E-state index is 0. The van der Waals surface area contributed by atoms with Gasteiger partial charge in [-0.15, -0.1) is 24.8 Å². The van der Waals surface area contributed by atoms with E-state index in [2.05, 4.69) is 129 Å². The van der Waals surface area contributed by atoms with E-state index in [1.54, 1.807) is 12.1 Å². The third kappa shape index (κ3) is 4.64. The van der Waals surface area contributed by atoms with E-state index in [1.807, 2.05) is 0 Å². The van der Waals surface area contributed by atoms with Gasteiger partial charge < -0.3 is 0 Å². The maximum absolute atomic E-state index is 3.07. The van der Waals surface area contributed by atoms with Crippen LogP contribution in [0.2, 0.25) is 0 Å². The van der Waals surface area contributed by atoms with Crippen molar-refractivity contribution in [3.05, 3.63) is 126 Å². The Kier molecular flexibility index (Phi) is 8.76. The molecule has 1 unspecified atom stereocenters. The van der Waals surface area contributed by atoms with Crippen molar-refractivity contribution in [3.63, 3.8) is 0 Å². The Labute approximate surface area is 215 Å². The van der Waals surface area contributed by atoms with Crippen LogP contribution in [0, 0.1) is 0 Å². The first kappa shape index (κ1) is 25.9. The van der Waals surface area contributed by atoms with E-state index in [4.69, 9.17) is 0 Å². The van der Waals surface area contributed by atoms with Crippen LogP contribution in [0.25, 0.3) is 17.2 Å². The number of hydrogen-bond acceptors (Lipinski definition) is 0. The van der Waals surface area contributed by atoms with Gasteiger partial charge in [-0.25, -0.2) is 0 Å². The molecule has 0 saturated carbocycles. The first-order valence-electron chi connectivity index (χ1n) is 11.1. The van der Waals surface area contributed by atoms with Gasteiger partial charge in [0.15, 0.2) is 0 Å². The molecule has 0 N–H and O–H groups in total. The van der Waals surface area contributed by atoms with Crippen LogP contribution in [0.15, 0.2) is 115 Å². The van der Waals surface area contributed by atoms with Crippen molar-refractivity contribution in [2.45, 2.75) is 17.0 Å². The van der Waals surface area contributed by atoms with Crippen molar-refractivity contribution < 1.29 is 18.9 Å². The van der Waals surface area contributed by atoms with Crippen LogP contribution in [0.5, 0.6) is 0 Å². The molecule has 5 rings (SSSR count). The summed E-state index contributed by atoms with van der Waals surface area (Å²) < 4.78 is 3.70. The van der Waals surface area contributed by atoms with Gasteiger partial charge in [0, 0.05) is 0 Å². The first-order valence-corrected chi connectivity index (χ1v) is 20.9. The molecule has 1 aliphatic carbocycles. The van der Waals surface area contributed by atoms with Crippen LogP contribution in [0.1, 0.15) is 28.1 Å². The zero-order valence-corrected chi connectivity index (χ0v) is 24.3. The van der Waals surface area contributed by atoms with Gasteiger partial charge >= 0.3 is 192 Å². The van der Waals surface area contributed by atoms with Crippen LogP contribution >= 0.6 is 24.8 Å². The predicted molar refractivity (Wildman–Crippen MR) is 148 cm³/mol. The maximum atomic E-state index is 2.52. The fourth-order valence-corrected chi connectivity index (χ4v) is 21.3. The zero-order valence-electron chi connectivity index (χ0n) is 18.8. The van der Waals surface area contributed by atoms with Crippen molar-refractivity contribution in [1.29, 1.82) is 0 Å². The van der Waals surface area contributed by atoms with E-state index >= 15 is 0 Å². The normalized spacial score (nSPS) is 14.5. The molecule has 0 radical (unpaired) electrons. The molecule has 167 valence electrons. The predicted octanol–water partition coefficient (Wildman–Crippen LogP) is 6.40. The van der Waals surface area contributed by atoms with E-state index in [0.29, 0.717) is 3.63 Å². The molecule has 1 aliphatic rings. The fraction of sp³-hybridized carbons (Fsp3) is 0.103. The monoisotopic (exact) mass is 565 g/mol. The van der Waals surface area contributed by atoms with Crippen LogP contribution in [-0.2, 0) is 18.9 Å². The van der Waals surface area contributed by atoms with Crippen LogP contribution in [0.3, 0.4) is 0 Å². The molecule has 0 spiro atoms. The average molecular weight is 568 g/mol. The molecule has 0 amide bonds. The summed E-state index contributed by atoms with van der Waals surface area (Å²) in [4.78, 5) is 0. The summed E-state index contributed by atoms with van der Waals surface area (Å²) in [5, 5.41) is 0. The second-order valence-corrected chi connectivity index (χ2v) is 24.0. The number of rotatable bonds is 5. The first-order chi connectivity index (χ1) is 15.2. The van der Waals surface area contributed by atoms with E-state index in [0.717, 1.165) is 6.42 Å². The number of allylic oxidation sites excluding steroid dienone is 1. The molecule has 33 heavy (non-hydrogen) atoms. The fourth-order valence-electron chi connectivity index (χ4n) is 5.19. The van der Waals surface area contributed by atoms with Gasteiger partial charge in [-0.3, -0.25) is 0 Å². The van der Waals surface area contributed by atoms with Crippen molar-refractivity contribution in [2.24, 2.45) is 0 Å². The minimum atomic E-state index is -3.07. The molecular formula is C29H29Cl2SiZr. The summed E-state index contributed by atoms with van der Waals surface area (Å²) in [5.74, 6) is 0. The summed E-state index contributed by atoms with van der Waals surface area (Å²) in [6.45, 7) is 4.69. The molecule has 0 aliphatic heterocycles. The largest absolute Gasteiger partial charge is 0.147 e.